The third-order valence-electron chi connectivity index (χ3n) is 4.12. The van der Waals surface area contributed by atoms with Crippen molar-refractivity contribution in [3.05, 3.63) is 48.4 Å². The number of aromatic nitrogens is 3. The average molecular weight is 347 g/mol. The first kappa shape index (κ1) is 17.9. The molecule has 0 saturated heterocycles. The lowest BCUT2D eigenvalue weighted by molar-refractivity contribution is 0.302. The van der Waals surface area contributed by atoms with E-state index in [4.69, 9.17) is 4.98 Å². The number of nitrogens with one attached hydrogen (secondary N) is 1. The summed E-state index contributed by atoms with van der Waals surface area (Å²) in [6, 6.07) is 9.75. The Morgan fingerprint density at radius 2 is 1.96 bits per heavy atom. The van der Waals surface area contributed by atoms with E-state index < -0.39 is 0 Å². The number of nitriles is 1. The van der Waals surface area contributed by atoms with Gasteiger partial charge in [0.05, 0.1) is 17.8 Å². The van der Waals surface area contributed by atoms with E-state index in [9.17, 15) is 5.26 Å². The zero-order chi connectivity index (χ0) is 18.9. The molecule has 0 unspecified atom stereocenters. The molecule has 0 bridgehead atoms. The topological polar surface area (TPSA) is 66.0 Å². The first-order valence-corrected chi connectivity index (χ1v) is 8.79. The first-order valence-electron chi connectivity index (χ1n) is 8.79. The maximum atomic E-state index is 9.23. The Kier molecular flexibility index (Phi) is 4.45. The third kappa shape index (κ3) is 3.85. The first-order chi connectivity index (χ1) is 12.2. The van der Waals surface area contributed by atoms with Crippen LogP contribution in [0.15, 0.2) is 42.9 Å². The predicted octanol–water partition coefficient (Wildman–Crippen LogP) is 4.89. The molecule has 1 aromatic carbocycles. The molecule has 0 aliphatic rings. The number of anilines is 1. The zero-order valence-corrected chi connectivity index (χ0v) is 16.0. The van der Waals surface area contributed by atoms with Crippen LogP contribution >= 0.6 is 0 Å². The fourth-order valence-electron chi connectivity index (χ4n) is 3.65. The van der Waals surface area contributed by atoms with E-state index >= 15 is 0 Å². The summed E-state index contributed by atoms with van der Waals surface area (Å²) in [6.45, 7) is 11.1. The average Bonchev–Trinajstić information content (AvgIpc) is 2.91. The van der Waals surface area contributed by atoms with E-state index in [0.717, 1.165) is 29.1 Å². The van der Waals surface area contributed by atoms with Crippen LogP contribution in [0.2, 0.25) is 0 Å². The van der Waals surface area contributed by atoms with Crippen LogP contribution in [0.25, 0.3) is 16.9 Å². The summed E-state index contributed by atoms with van der Waals surface area (Å²) in [5, 5.41) is 12.9. The minimum atomic E-state index is -0.126. The van der Waals surface area contributed by atoms with Crippen molar-refractivity contribution in [2.45, 2.75) is 46.6 Å². The van der Waals surface area contributed by atoms with Crippen LogP contribution in [-0.4, -0.2) is 19.9 Å². The molecule has 0 aliphatic heterocycles. The van der Waals surface area contributed by atoms with Gasteiger partial charge >= 0.3 is 0 Å². The number of rotatable bonds is 4. The van der Waals surface area contributed by atoms with Gasteiger partial charge in [0.1, 0.15) is 11.5 Å². The molecule has 3 aromatic rings. The van der Waals surface area contributed by atoms with Gasteiger partial charge in [0.25, 0.3) is 0 Å². The molecule has 1 N–H and O–H groups in total. The Morgan fingerprint density at radius 3 is 2.65 bits per heavy atom. The molecule has 5 heteroatoms. The number of hydrogen-bond donors (Lipinski definition) is 1. The van der Waals surface area contributed by atoms with E-state index in [0.29, 0.717) is 5.56 Å². The highest BCUT2D eigenvalue weighted by atomic mass is 15.2. The maximum absolute atomic E-state index is 9.23. The van der Waals surface area contributed by atoms with Crippen molar-refractivity contribution in [1.29, 1.82) is 5.26 Å². The van der Waals surface area contributed by atoms with Crippen LogP contribution in [0.4, 0.5) is 5.82 Å². The number of nitrogens with zero attached hydrogens (tertiary/aromatic N) is 4. The molecule has 0 spiro atoms. The minimum Gasteiger partial charge on any atom is -0.364 e. The summed E-state index contributed by atoms with van der Waals surface area (Å²) in [5.74, 6) is 0.923. The second kappa shape index (κ2) is 6.45. The Morgan fingerprint density at radius 1 is 1.19 bits per heavy atom. The van der Waals surface area contributed by atoms with Crippen molar-refractivity contribution >= 4 is 11.5 Å². The second-order valence-corrected chi connectivity index (χ2v) is 8.55. The molecule has 0 saturated carbocycles. The number of imidazole rings is 1. The quantitative estimate of drug-likeness (QED) is 0.729. The largest absolute Gasteiger partial charge is 0.364 e. The minimum absolute atomic E-state index is 0.126. The van der Waals surface area contributed by atoms with Gasteiger partial charge in [0, 0.05) is 23.5 Å². The number of benzene rings is 1. The van der Waals surface area contributed by atoms with E-state index in [1.807, 2.05) is 28.8 Å². The van der Waals surface area contributed by atoms with Gasteiger partial charge in [-0.05, 0) is 37.8 Å². The molecule has 3 rings (SSSR count). The van der Waals surface area contributed by atoms with Crippen molar-refractivity contribution < 1.29 is 0 Å². The van der Waals surface area contributed by atoms with Gasteiger partial charge in [-0.25, -0.2) is 4.98 Å². The van der Waals surface area contributed by atoms with Gasteiger partial charge in [-0.3, -0.25) is 9.38 Å². The highest BCUT2D eigenvalue weighted by Crippen LogP contribution is 2.34. The lowest BCUT2D eigenvalue weighted by atomic mass is 9.82. The monoisotopic (exact) mass is 347 g/mol. The molecule has 2 aromatic heterocycles. The van der Waals surface area contributed by atoms with Crippen LogP contribution in [0.1, 0.15) is 46.6 Å². The molecule has 0 aliphatic carbocycles. The summed E-state index contributed by atoms with van der Waals surface area (Å²) in [5.41, 5.74) is 3.22. The molecule has 2 heterocycles. The summed E-state index contributed by atoms with van der Waals surface area (Å²) in [4.78, 5) is 8.95. The Balaban J connectivity index is 2.12. The summed E-state index contributed by atoms with van der Waals surface area (Å²) in [6.07, 6.45) is 6.41. The highest BCUT2D eigenvalue weighted by Gasteiger charge is 2.28. The molecular weight excluding hydrogens is 322 g/mol. The van der Waals surface area contributed by atoms with Crippen molar-refractivity contribution in [3.63, 3.8) is 0 Å². The van der Waals surface area contributed by atoms with Crippen molar-refractivity contribution in [2.75, 3.05) is 5.32 Å². The smallest absolute Gasteiger partial charge is 0.157 e. The molecule has 5 nitrogen and oxygen atoms in total. The SMILES string of the molecule is CC(C)(C)CC(C)(C)Nc1c(-c2cccc(C#N)c2)nc2cnccn12. The van der Waals surface area contributed by atoms with Crippen LogP contribution in [-0.2, 0) is 0 Å². The lowest BCUT2D eigenvalue weighted by Crippen LogP contribution is -2.36. The standard InChI is InChI=1S/C21H25N5/c1-20(2,3)14-21(4,5)25-19-18(16-8-6-7-15(11-16)12-22)24-17-13-23-9-10-26(17)19/h6-11,13,25H,14H2,1-5H3. The van der Waals surface area contributed by atoms with Crippen LogP contribution < -0.4 is 5.32 Å². The van der Waals surface area contributed by atoms with Crippen LogP contribution in [0, 0.1) is 16.7 Å². The Bertz CT molecular complexity index is 970. The Hall–Kier alpha value is -2.87. The van der Waals surface area contributed by atoms with Crippen molar-refractivity contribution in [1.82, 2.24) is 14.4 Å². The van der Waals surface area contributed by atoms with Crippen molar-refractivity contribution in [2.24, 2.45) is 5.41 Å². The molecular formula is C21H25N5. The van der Waals surface area contributed by atoms with E-state index in [1.54, 1.807) is 18.5 Å². The van der Waals surface area contributed by atoms with Gasteiger partial charge in [0.2, 0.25) is 0 Å². The lowest BCUT2D eigenvalue weighted by Gasteiger charge is -2.34. The van der Waals surface area contributed by atoms with Crippen LogP contribution in [0.5, 0.6) is 0 Å². The van der Waals surface area contributed by atoms with E-state index in [1.165, 1.54) is 0 Å². The normalized spacial score (nSPS) is 12.2. The predicted molar refractivity (Wildman–Crippen MR) is 105 cm³/mol. The van der Waals surface area contributed by atoms with Gasteiger partial charge in [0.15, 0.2) is 5.65 Å². The van der Waals surface area contributed by atoms with E-state index in [-0.39, 0.29) is 11.0 Å². The summed E-state index contributed by atoms with van der Waals surface area (Å²) < 4.78 is 2.02. The van der Waals surface area contributed by atoms with E-state index in [2.05, 4.69) is 51.0 Å². The third-order valence-corrected chi connectivity index (χ3v) is 4.12. The second-order valence-electron chi connectivity index (χ2n) is 8.55. The summed E-state index contributed by atoms with van der Waals surface area (Å²) >= 11 is 0. The molecule has 0 atom stereocenters. The van der Waals surface area contributed by atoms with Gasteiger partial charge in [-0.15, -0.1) is 0 Å². The molecule has 0 fully saturated rings. The van der Waals surface area contributed by atoms with Crippen molar-refractivity contribution in [3.8, 4) is 17.3 Å². The highest BCUT2D eigenvalue weighted by molar-refractivity contribution is 5.77. The number of fused-ring (bicyclic) bond motifs is 1. The van der Waals surface area contributed by atoms with Crippen LogP contribution in [0.3, 0.4) is 0 Å². The molecule has 26 heavy (non-hydrogen) atoms. The molecule has 134 valence electrons. The molecule has 0 amide bonds. The number of hydrogen-bond acceptors (Lipinski definition) is 4. The summed E-state index contributed by atoms with van der Waals surface area (Å²) in [7, 11) is 0. The van der Waals surface area contributed by atoms with Gasteiger partial charge < -0.3 is 5.32 Å². The van der Waals surface area contributed by atoms with Gasteiger partial charge in [-0.2, -0.15) is 5.26 Å². The Labute approximate surface area is 154 Å². The zero-order valence-electron chi connectivity index (χ0n) is 16.0. The fraction of sp³-hybridized carbons (Fsp3) is 0.381. The van der Waals surface area contributed by atoms with Gasteiger partial charge in [-0.1, -0.05) is 32.9 Å². The fourth-order valence-corrected chi connectivity index (χ4v) is 3.65. The molecule has 0 radical (unpaired) electrons. The maximum Gasteiger partial charge on any atom is 0.157 e.